The molecule has 2 aromatic rings. The molecule has 0 bridgehead atoms. The molecule has 2 aliphatic carbocycles. The van der Waals surface area contributed by atoms with Crippen LogP contribution in [0.5, 0.6) is 0 Å². The summed E-state index contributed by atoms with van der Waals surface area (Å²) in [5, 5.41) is 14.1. The second-order valence-electron chi connectivity index (χ2n) is 9.27. The Labute approximate surface area is 184 Å². The van der Waals surface area contributed by atoms with Crippen LogP contribution in [-0.2, 0) is 10.2 Å². The molecule has 166 valence electrons. The number of para-hydroxylation sites is 1. The number of hydrogen-bond donors (Lipinski definition) is 2. The lowest BCUT2D eigenvalue weighted by Gasteiger charge is -2.33. The van der Waals surface area contributed by atoms with E-state index in [0.29, 0.717) is 36.7 Å². The minimum absolute atomic E-state index is 0.000658. The van der Waals surface area contributed by atoms with Crippen molar-refractivity contribution in [2.45, 2.75) is 57.4 Å². The van der Waals surface area contributed by atoms with Gasteiger partial charge < -0.3 is 19.6 Å². The number of carbonyl (C=O) groups excluding carboxylic acids is 1. The molecule has 0 unspecified atom stereocenters. The van der Waals surface area contributed by atoms with Crippen LogP contribution in [0.4, 0.5) is 0 Å². The van der Waals surface area contributed by atoms with Crippen LogP contribution in [0, 0.1) is 0 Å². The van der Waals surface area contributed by atoms with Gasteiger partial charge in [0.05, 0.1) is 25.4 Å². The largest absolute Gasteiger partial charge is 0.459 e. The summed E-state index contributed by atoms with van der Waals surface area (Å²) in [5.41, 5.74) is 2.45. The maximum absolute atomic E-state index is 13.5. The number of aliphatic hydroxyl groups is 1. The zero-order chi connectivity index (χ0) is 22.1. The lowest BCUT2D eigenvalue weighted by Crippen LogP contribution is -2.47. The van der Waals surface area contributed by atoms with Gasteiger partial charge in [0.2, 0.25) is 0 Å². The van der Waals surface area contributed by atoms with Gasteiger partial charge >= 0.3 is 0 Å². The Kier molecular flexibility index (Phi) is 6.20. The number of ketones is 1. The van der Waals surface area contributed by atoms with Crippen molar-refractivity contribution in [1.82, 2.24) is 5.32 Å². The molecule has 1 fully saturated rings. The first kappa shape index (κ1) is 22.0. The van der Waals surface area contributed by atoms with Gasteiger partial charge in [0.25, 0.3) is 0 Å². The van der Waals surface area contributed by atoms with Gasteiger partial charge in [-0.1, -0.05) is 43.2 Å². The Bertz CT molecular complexity index is 1020. The summed E-state index contributed by atoms with van der Waals surface area (Å²) in [6.07, 6.45) is 8.13. The molecule has 4 rings (SSSR count). The highest BCUT2D eigenvalue weighted by Gasteiger charge is 2.42. The maximum Gasteiger partial charge on any atom is 0.197 e. The molecule has 1 heterocycles. The van der Waals surface area contributed by atoms with E-state index in [0.717, 1.165) is 42.2 Å². The van der Waals surface area contributed by atoms with Gasteiger partial charge in [-0.15, -0.1) is 0 Å². The highest BCUT2D eigenvalue weighted by molar-refractivity contribution is 6.20. The Balaban J connectivity index is 1.54. The van der Waals surface area contributed by atoms with Crippen molar-refractivity contribution in [1.29, 1.82) is 0 Å². The highest BCUT2D eigenvalue weighted by atomic mass is 16.5. The molecule has 1 saturated carbocycles. The van der Waals surface area contributed by atoms with E-state index in [9.17, 15) is 9.90 Å². The third-order valence-electron chi connectivity index (χ3n) is 6.90. The zero-order valence-electron chi connectivity index (χ0n) is 18.8. The second kappa shape index (κ2) is 8.73. The first-order valence-electron chi connectivity index (χ1n) is 11.3. The highest BCUT2D eigenvalue weighted by Crippen LogP contribution is 2.45. The van der Waals surface area contributed by atoms with Crippen LogP contribution in [0.3, 0.4) is 0 Å². The molecule has 0 radical (unpaired) electrons. The van der Waals surface area contributed by atoms with Gasteiger partial charge in [0.15, 0.2) is 5.78 Å². The van der Waals surface area contributed by atoms with Crippen molar-refractivity contribution in [3.63, 3.8) is 0 Å². The minimum Gasteiger partial charge on any atom is -0.459 e. The summed E-state index contributed by atoms with van der Waals surface area (Å²) >= 11 is 0. The molecule has 1 aromatic carbocycles. The van der Waals surface area contributed by atoms with Crippen molar-refractivity contribution in [3.8, 4) is 0 Å². The van der Waals surface area contributed by atoms with Gasteiger partial charge in [0.1, 0.15) is 11.3 Å². The number of allylic oxidation sites excluding steroid dienone is 3. The van der Waals surface area contributed by atoms with E-state index >= 15 is 0 Å². The van der Waals surface area contributed by atoms with E-state index in [1.807, 2.05) is 43.3 Å². The maximum atomic E-state index is 13.5. The predicted molar refractivity (Wildman–Crippen MR) is 123 cm³/mol. The Morgan fingerprint density at radius 2 is 1.97 bits per heavy atom. The van der Waals surface area contributed by atoms with Gasteiger partial charge in [-0.3, -0.25) is 4.79 Å². The lowest BCUT2D eigenvalue weighted by molar-refractivity contribution is 0.100. The summed E-state index contributed by atoms with van der Waals surface area (Å²) in [6, 6.07) is 7.72. The van der Waals surface area contributed by atoms with Gasteiger partial charge in [0, 0.05) is 28.5 Å². The SMILES string of the molecule is C/C=C\C1=C(COCCNC2(CO)CCCC2)C(C)(C)c2oc3ccccc3c2C1=O. The normalized spacial score (nSPS) is 20.2. The minimum atomic E-state index is -0.456. The van der Waals surface area contributed by atoms with Crippen molar-refractivity contribution in [2.24, 2.45) is 0 Å². The van der Waals surface area contributed by atoms with Gasteiger partial charge in [-0.05, 0) is 45.3 Å². The third-order valence-corrected chi connectivity index (χ3v) is 6.90. The summed E-state index contributed by atoms with van der Waals surface area (Å²) < 4.78 is 12.2. The Morgan fingerprint density at radius 1 is 1.23 bits per heavy atom. The van der Waals surface area contributed by atoms with Crippen LogP contribution >= 0.6 is 0 Å². The van der Waals surface area contributed by atoms with Crippen LogP contribution in [0.1, 0.15) is 62.6 Å². The molecule has 1 aromatic heterocycles. The van der Waals surface area contributed by atoms with E-state index in [-0.39, 0.29) is 17.9 Å². The van der Waals surface area contributed by atoms with Crippen LogP contribution < -0.4 is 5.32 Å². The van der Waals surface area contributed by atoms with E-state index in [4.69, 9.17) is 9.15 Å². The van der Waals surface area contributed by atoms with Gasteiger partial charge in [-0.2, -0.15) is 0 Å². The zero-order valence-corrected chi connectivity index (χ0v) is 18.8. The van der Waals surface area contributed by atoms with Crippen LogP contribution in [0.2, 0.25) is 0 Å². The molecule has 0 amide bonds. The average molecular weight is 424 g/mol. The monoisotopic (exact) mass is 423 g/mol. The molecule has 5 nitrogen and oxygen atoms in total. The standard InChI is InChI=1S/C26H33NO4/c1-4-9-18-20(16-30-15-14-27-26(17-28)12-7-8-13-26)25(2,3)24-22(23(18)29)19-10-5-6-11-21(19)31-24/h4-6,9-11,27-28H,7-8,12-17H2,1-3H3/b9-4-. The molecule has 0 spiro atoms. The Morgan fingerprint density at radius 3 is 2.68 bits per heavy atom. The van der Waals surface area contributed by atoms with E-state index in [2.05, 4.69) is 19.2 Å². The smallest absolute Gasteiger partial charge is 0.197 e. The van der Waals surface area contributed by atoms with Gasteiger partial charge in [-0.25, -0.2) is 0 Å². The van der Waals surface area contributed by atoms with Crippen molar-refractivity contribution in [3.05, 3.63) is 58.9 Å². The van der Waals surface area contributed by atoms with Crippen molar-refractivity contribution >= 4 is 16.8 Å². The topological polar surface area (TPSA) is 71.7 Å². The first-order chi connectivity index (χ1) is 14.9. The fourth-order valence-electron chi connectivity index (χ4n) is 5.06. The Hall–Kier alpha value is -2.21. The predicted octanol–water partition coefficient (Wildman–Crippen LogP) is 4.69. The number of aliphatic hydroxyl groups excluding tert-OH is 1. The lowest BCUT2D eigenvalue weighted by atomic mass is 9.71. The number of benzene rings is 1. The molecular weight excluding hydrogens is 390 g/mol. The fraction of sp³-hybridized carbons (Fsp3) is 0.500. The number of carbonyl (C=O) groups is 1. The first-order valence-corrected chi connectivity index (χ1v) is 11.3. The summed E-state index contributed by atoms with van der Waals surface area (Å²) in [5.74, 6) is 0.716. The summed E-state index contributed by atoms with van der Waals surface area (Å²) in [4.78, 5) is 13.5. The number of fused-ring (bicyclic) bond motifs is 3. The number of nitrogens with one attached hydrogen (secondary N) is 1. The molecule has 2 N–H and O–H groups in total. The second-order valence-corrected chi connectivity index (χ2v) is 9.27. The number of rotatable bonds is 8. The molecule has 2 aliphatic rings. The van der Waals surface area contributed by atoms with E-state index < -0.39 is 5.41 Å². The molecule has 0 aliphatic heterocycles. The van der Waals surface area contributed by atoms with Crippen LogP contribution in [0.25, 0.3) is 11.0 Å². The summed E-state index contributed by atoms with van der Waals surface area (Å²) in [6.45, 7) is 7.85. The van der Waals surface area contributed by atoms with Crippen LogP contribution in [-0.4, -0.2) is 42.8 Å². The quantitative estimate of drug-likeness (QED) is 0.603. The summed E-state index contributed by atoms with van der Waals surface area (Å²) in [7, 11) is 0. The number of ether oxygens (including phenoxy) is 1. The van der Waals surface area contributed by atoms with E-state index in [1.54, 1.807) is 0 Å². The van der Waals surface area contributed by atoms with Crippen molar-refractivity contribution < 1.29 is 19.1 Å². The van der Waals surface area contributed by atoms with E-state index in [1.165, 1.54) is 0 Å². The molecule has 31 heavy (non-hydrogen) atoms. The fourth-order valence-corrected chi connectivity index (χ4v) is 5.06. The number of furan rings is 1. The number of Topliss-reactive ketones (excluding diaryl/α,β-unsaturated/α-hetero) is 1. The molecular formula is C26H33NO4. The van der Waals surface area contributed by atoms with Crippen LogP contribution in [0.15, 0.2) is 52.0 Å². The number of hydrogen-bond acceptors (Lipinski definition) is 5. The molecule has 0 atom stereocenters. The molecule has 0 saturated heterocycles. The third kappa shape index (κ3) is 3.91. The average Bonchev–Trinajstić information content (AvgIpc) is 3.39. The van der Waals surface area contributed by atoms with Crippen molar-refractivity contribution in [2.75, 3.05) is 26.4 Å². The molecule has 5 heteroatoms.